The molecular weight excluding hydrogens is 256 g/mol. The van der Waals surface area contributed by atoms with Crippen LogP contribution in [0.15, 0.2) is 35.5 Å². The van der Waals surface area contributed by atoms with Crippen molar-refractivity contribution in [3.05, 3.63) is 35.5 Å². The minimum absolute atomic E-state index is 0.573. The fraction of sp³-hybridized carbons (Fsp3) is 0.700. The van der Waals surface area contributed by atoms with E-state index < -0.39 is 5.60 Å². The normalized spacial score (nSPS) is 31.1. The first-order valence-corrected chi connectivity index (χ1v) is 8.51. The molecule has 1 heteroatoms. The van der Waals surface area contributed by atoms with Gasteiger partial charge in [-0.1, -0.05) is 42.4 Å². The summed E-state index contributed by atoms with van der Waals surface area (Å²) < 4.78 is 0. The van der Waals surface area contributed by atoms with Gasteiger partial charge < -0.3 is 5.11 Å². The molecule has 0 bridgehead atoms. The van der Waals surface area contributed by atoms with E-state index >= 15 is 0 Å². The van der Waals surface area contributed by atoms with Crippen molar-refractivity contribution in [2.45, 2.75) is 78.7 Å². The minimum Gasteiger partial charge on any atom is -0.386 e. The van der Waals surface area contributed by atoms with Gasteiger partial charge in [-0.2, -0.15) is 0 Å². The third kappa shape index (κ3) is 7.66. The zero-order valence-corrected chi connectivity index (χ0v) is 14.7. The number of allylic oxidation sites excluding steroid dienone is 5. The van der Waals surface area contributed by atoms with Crippen molar-refractivity contribution in [3.63, 3.8) is 0 Å². The van der Waals surface area contributed by atoms with Gasteiger partial charge in [0.15, 0.2) is 0 Å². The monoisotopic (exact) mass is 290 g/mol. The Labute approximate surface area is 131 Å². The highest BCUT2D eigenvalue weighted by Crippen LogP contribution is 2.28. The lowest BCUT2D eigenvalue weighted by Gasteiger charge is -2.25. The Morgan fingerprint density at radius 3 is 2.86 bits per heavy atom. The average Bonchev–Trinajstić information content (AvgIpc) is 2.37. The summed E-state index contributed by atoms with van der Waals surface area (Å²) >= 11 is 0. The predicted octanol–water partition coefficient (Wildman–Crippen LogP) is 5.81. The second kappa shape index (κ2) is 8.58. The molecule has 0 radical (unpaired) electrons. The molecule has 0 aromatic rings. The number of hydrogen-bond acceptors (Lipinski definition) is 1. The molecule has 1 rings (SSSR count). The van der Waals surface area contributed by atoms with Crippen molar-refractivity contribution in [2.24, 2.45) is 11.8 Å². The number of hydrogen-bond donors (Lipinski definition) is 1. The van der Waals surface area contributed by atoms with Crippen LogP contribution >= 0.6 is 0 Å². The van der Waals surface area contributed by atoms with Crippen molar-refractivity contribution >= 4 is 0 Å². The Bertz CT molecular complexity index is 394. The molecule has 0 aliphatic heterocycles. The minimum atomic E-state index is -0.661. The van der Waals surface area contributed by atoms with Crippen LogP contribution in [-0.2, 0) is 0 Å². The molecule has 1 aliphatic rings. The van der Waals surface area contributed by atoms with E-state index in [1.54, 1.807) is 0 Å². The van der Waals surface area contributed by atoms with Gasteiger partial charge in [-0.25, -0.2) is 0 Å². The highest BCUT2D eigenvalue weighted by atomic mass is 16.3. The van der Waals surface area contributed by atoms with Crippen molar-refractivity contribution in [2.75, 3.05) is 0 Å². The SMILES string of the molecule is CC(C)=CCCC(C)C1C=CC(C)(O)CC/C=C(\C)CC1. The maximum Gasteiger partial charge on any atom is 0.0802 e. The molecular formula is C20H34O. The van der Waals surface area contributed by atoms with Gasteiger partial charge in [0.1, 0.15) is 0 Å². The molecule has 0 amide bonds. The Kier molecular flexibility index (Phi) is 7.45. The van der Waals surface area contributed by atoms with E-state index in [2.05, 4.69) is 45.9 Å². The van der Waals surface area contributed by atoms with E-state index in [0.717, 1.165) is 12.8 Å². The molecule has 21 heavy (non-hydrogen) atoms. The van der Waals surface area contributed by atoms with Crippen LogP contribution in [0.4, 0.5) is 0 Å². The maximum absolute atomic E-state index is 10.4. The summed E-state index contributed by atoms with van der Waals surface area (Å²) in [5, 5.41) is 10.4. The summed E-state index contributed by atoms with van der Waals surface area (Å²) in [6.45, 7) is 10.8. The molecule has 3 atom stereocenters. The zero-order chi connectivity index (χ0) is 15.9. The molecule has 0 aromatic heterocycles. The molecule has 0 saturated carbocycles. The van der Waals surface area contributed by atoms with Crippen LogP contribution in [0.3, 0.4) is 0 Å². The van der Waals surface area contributed by atoms with Gasteiger partial charge in [0.25, 0.3) is 0 Å². The van der Waals surface area contributed by atoms with Crippen LogP contribution in [0.5, 0.6) is 0 Å². The van der Waals surface area contributed by atoms with E-state index in [-0.39, 0.29) is 0 Å². The summed E-state index contributed by atoms with van der Waals surface area (Å²) in [4.78, 5) is 0. The van der Waals surface area contributed by atoms with Gasteiger partial charge in [0.2, 0.25) is 0 Å². The van der Waals surface area contributed by atoms with E-state index in [1.165, 1.54) is 36.8 Å². The number of aliphatic hydroxyl groups is 1. The first kappa shape index (κ1) is 18.2. The van der Waals surface area contributed by atoms with E-state index in [9.17, 15) is 5.11 Å². The first-order valence-electron chi connectivity index (χ1n) is 8.51. The molecule has 1 aliphatic carbocycles. The van der Waals surface area contributed by atoms with Crippen LogP contribution in [0.2, 0.25) is 0 Å². The summed E-state index contributed by atoms with van der Waals surface area (Å²) in [5.41, 5.74) is 2.22. The van der Waals surface area contributed by atoms with E-state index in [4.69, 9.17) is 0 Å². The van der Waals surface area contributed by atoms with Crippen molar-refractivity contribution in [1.29, 1.82) is 0 Å². The number of rotatable bonds is 4. The van der Waals surface area contributed by atoms with E-state index in [1.807, 2.05) is 13.0 Å². The quantitative estimate of drug-likeness (QED) is 0.647. The Morgan fingerprint density at radius 2 is 2.19 bits per heavy atom. The zero-order valence-electron chi connectivity index (χ0n) is 14.7. The van der Waals surface area contributed by atoms with Crippen LogP contribution < -0.4 is 0 Å². The highest BCUT2D eigenvalue weighted by molar-refractivity contribution is 5.07. The topological polar surface area (TPSA) is 20.2 Å². The van der Waals surface area contributed by atoms with Crippen LogP contribution in [0.25, 0.3) is 0 Å². The lowest BCUT2D eigenvalue weighted by atomic mass is 9.83. The maximum atomic E-state index is 10.4. The van der Waals surface area contributed by atoms with Crippen LogP contribution in [0, 0.1) is 11.8 Å². The Balaban J connectivity index is 2.71. The Hall–Kier alpha value is -0.820. The summed E-state index contributed by atoms with van der Waals surface area (Å²) in [7, 11) is 0. The van der Waals surface area contributed by atoms with Crippen LogP contribution in [0.1, 0.15) is 73.1 Å². The largest absolute Gasteiger partial charge is 0.386 e. The molecule has 1 N–H and O–H groups in total. The summed E-state index contributed by atoms with van der Waals surface area (Å²) in [6.07, 6.45) is 15.5. The van der Waals surface area contributed by atoms with Crippen molar-refractivity contribution < 1.29 is 5.11 Å². The summed E-state index contributed by atoms with van der Waals surface area (Å²) in [6, 6.07) is 0. The molecule has 0 heterocycles. The van der Waals surface area contributed by atoms with Crippen LogP contribution in [-0.4, -0.2) is 10.7 Å². The fourth-order valence-corrected chi connectivity index (χ4v) is 2.94. The van der Waals surface area contributed by atoms with E-state index in [0.29, 0.717) is 11.8 Å². The van der Waals surface area contributed by atoms with Gasteiger partial charge in [-0.15, -0.1) is 0 Å². The summed E-state index contributed by atoms with van der Waals surface area (Å²) in [5.74, 6) is 1.24. The third-order valence-corrected chi connectivity index (χ3v) is 4.62. The lowest BCUT2D eigenvalue weighted by Crippen LogP contribution is -2.22. The average molecular weight is 290 g/mol. The van der Waals surface area contributed by atoms with Crippen molar-refractivity contribution in [1.82, 2.24) is 0 Å². The fourth-order valence-electron chi connectivity index (χ4n) is 2.94. The van der Waals surface area contributed by atoms with Gasteiger partial charge in [0.05, 0.1) is 5.60 Å². The second-order valence-electron chi connectivity index (χ2n) is 7.34. The van der Waals surface area contributed by atoms with Crippen molar-refractivity contribution in [3.8, 4) is 0 Å². The molecule has 0 spiro atoms. The smallest absolute Gasteiger partial charge is 0.0802 e. The van der Waals surface area contributed by atoms with Gasteiger partial charge >= 0.3 is 0 Å². The molecule has 120 valence electrons. The molecule has 3 unspecified atom stereocenters. The molecule has 1 nitrogen and oxygen atoms in total. The van der Waals surface area contributed by atoms with Gasteiger partial charge in [-0.3, -0.25) is 0 Å². The molecule has 0 aromatic carbocycles. The molecule has 0 fully saturated rings. The Morgan fingerprint density at radius 1 is 1.48 bits per heavy atom. The third-order valence-electron chi connectivity index (χ3n) is 4.62. The standard InChI is InChI=1S/C20H34O/c1-16(2)8-6-10-18(4)19-12-11-17(3)9-7-14-20(5,21)15-13-19/h8-9,13,15,18-19,21H,6-7,10-12,14H2,1-5H3/b15-13?,17-9+. The predicted molar refractivity (Wildman–Crippen MR) is 93.3 cm³/mol. The molecule has 0 saturated heterocycles. The second-order valence-corrected chi connectivity index (χ2v) is 7.34. The first-order chi connectivity index (χ1) is 9.80. The lowest BCUT2D eigenvalue weighted by molar-refractivity contribution is 0.102. The highest BCUT2D eigenvalue weighted by Gasteiger charge is 2.20. The van der Waals surface area contributed by atoms with Gasteiger partial charge in [-0.05, 0) is 78.1 Å². The van der Waals surface area contributed by atoms with Gasteiger partial charge in [0, 0.05) is 0 Å².